The molecule has 1 heterocycles. The number of carbonyl (C=O) groups excluding carboxylic acids is 2. The van der Waals surface area contributed by atoms with Crippen molar-refractivity contribution in [3.05, 3.63) is 52.9 Å². The SMILES string of the molecule is COC(=O)c1cc2cc(NC(=O)CN(C)S(=O)(=O)c3ccc(OC)c(C)c3)ccc2s1. The fourth-order valence-electron chi connectivity index (χ4n) is 3.00. The molecule has 1 aromatic heterocycles. The summed E-state index contributed by atoms with van der Waals surface area (Å²) in [6.45, 7) is 1.39. The molecule has 3 rings (SSSR count). The minimum absolute atomic E-state index is 0.0798. The number of rotatable bonds is 7. The molecule has 3 aromatic rings. The number of amides is 1. The quantitative estimate of drug-likeness (QED) is 0.541. The number of likely N-dealkylation sites (N-methyl/N-ethyl adjacent to an activating group) is 1. The van der Waals surface area contributed by atoms with E-state index < -0.39 is 21.9 Å². The molecule has 0 saturated heterocycles. The van der Waals surface area contributed by atoms with Crippen LogP contribution in [0.2, 0.25) is 0 Å². The van der Waals surface area contributed by atoms with Gasteiger partial charge in [0.05, 0.1) is 25.7 Å². The van der Waals surface area contributed by atoms with Gasteiger partial charge in [-0.05, 0) is 60.3 Å². The van der Waals surface area contributed by atoms with Crippen LogP contribution in [0.3, 0.4) is 0 Å². The summed E-state index contributed by atoms with van der Waals surface area (Å²) in [5.74, 6) is -0.329. The molecule has 0 aliphatic carbocycles. The van der Waals surface area contributed by atoms with E-state index >= 15 is 0 Å². The van der Waals surface area contributed by atoms with E-state index in [1.165, 1.54) is 44.7 Å². The van der Waals surface area contributed by atoms with Gasteiger partial charge < -0.3 is 14.8 Å². The van der Waals surface area contributed by atoms with Crippen molar-refractivity contribution < 1.29 is 27.5 Å². The fourth-order valence-corrected chi connectivity index (χ4v) is 5.18. The number of fused-ring (bicyclic) bond motifs is 1. The lowest BCUT2D eigenvalue weighted by atomic mass is 10.2. The van der Waals surface area contributed by atoms with Gasteiger partial charge in [0.15, 0.2) is 0 Å². The zero-order chi connectivity index (χ0) is 22.8. The van der Waals surface area contributed by atoms with Crippen molar-refractivity contribution in [2.45, 2.75) is 11.8 Å². The summed E-state index contributed by atoms with van der Waals surface area (Å²) in [6, 6.07) is 11.4. The number of nitrogens with zero attached hydrogens (tertiary/aromatic N) is 1. The van der Waals surface area contributed by atoms with Gasteiger partial charge in [-0.25, -0.2) is 13.2 Å². The summed E-state index contributed by atoms with van der Waals surface area (Å²) in [6.07, 6.45) is 0. The maximum atomic E-state index is 12.8. The first-order valence-corrected chi connectivity index (χ1v) is 11.4. The topological polar surface area (TPSA) is 102 Å². The molecule has 0 saturated carbocycles. The number of thiophene rings is 1. The lowest BCUT2D eigenvalue weighted by Crippen LogP contribution is -2.35. The van der Waals surface area contributed by atoms with Gasteiger partial charge in [0.1, 0.15) is 10.6 Å². The smallest absolute Gasteiger partial charge is 0.348 e. The number of nitrogens with one attached hydrogen (secondary N) is 1. The lowest BCUT2D eigenvalue weighted by Gasteiger charge is -2.18. The Kier molecular flexibility index (Phi) is 6.63. The van der Waals surface area contributed by atoms with Crippen LogP contribution >= 0.6 is 11.3 Å². The minimum Gasteiger partial charge on any atom is -0.496 e. The predicted molar refractivity (Wildman–Crippen MR) is 119 cm³/mol. The van der Waals surface area contributed by atoms with Crippen LogP contribution in [0.4, 0.5) is 5.69 Å². The molecule has 2 aromatic carbocycles. The molecule has 0 radical (unpaired) electrons. The number of anilines is 1. The number of benzene rings is 2. The molecular formula is C21H22N2O6S2. The van der Waals surface area contributed by atoms with Gasteiger partial charge in [0, 0.05) is 17.4 Å². The van der Waals surface area contributed by atoms with Crippen molar-refractivity contribution in [1.29, 1.82) is 0 Å². The molecular weight excluding hydrogens is 440 g/mol. The van der Waals surface area contributed by atoms with Crippen LogP contribution in [-0.2, 0) is 19.6 Å². The highest BCUT2D eigenvalue weighted by atomic mass is 32.2. The second-order valence-electron chi connectivity index (χ2n) is 6.80. The Morgan fingerprint density at radius 3 is 2.48 bits per heavy atom. The van der Waals surface area contributed by atoms with Gasteiger partial charge in [-0.2, -0.15) is 4.31 Å². The van der Waals surface area contributed by atoms with Crippen LogP contribution < -0.4 is 10.1 Å². The standard InChI is InChI=1S/C21H22N2O6S2/c1-13-9-16(6-7-17(13)28-3)31(26,27)23(2)12-20(24)22-15-5-8-18-14(10-15)11-19(30-18)21(25)29-4/h5-11H,12H2,1-4H3,(H,22,24). The first kappa shape index (κ1) is 22.7. The average molecular weight is 463 g/mol. The van der Waals surface area contributed by atoms with Crippen molar-refractivity contribution in [2.75, 3.05) is 33.1 Å². The molecule has 1 amide bonds. The van der Waals surface area contributed by atoms with Crippen LogP contribution in [-0.4, -0.2) is 52.4 Å². The third kappa shape index (κ3) is 4.87. The molecule has 0 unspecified atom stereocenters. The molecule has 0 spiro atoms. The molecule has 0 bridgehead atoms. The molecule has 31 heavy (non-hydrogen) atoms. The number of carbonyl (C=O) groups is 2. The van der Waals surface area contributed by atoms with Crippen LogP contribution in [0, 0.1) is 6.92 Å². The van der Waals surface area contributed by atoms with Gasteiger partial charge in [0.25, 0.3) is 0 Å². The summed E-state index contributed by atoms with van der Waals surface area (Å²) in [4.78, 5) is 24.7. The third-order valence-electron chi connectivity index (χ3n) is 4.63. The monoisotopic (exact) mass is 462 g/mol. The van der Waals surface area contributed by atoms with Gasteiger partial charge >= 0.3 is 5.97 Å². The number of ether oxygens (including phenoxy) is 2. The molecule has 8 nitrogen and oxygen atoms in total. The number of esters is 1. The largest absolute Gasteiger partial charge is 0.496 e. The molecule has 0 fully saturated rings. The van der Waals surface area contributed by atoms with Crippen molar-refractivity contribution >= 4 is 49.0 Å². The zero-order valence-corrected chi connectivity index (χ0v) is 19.1. The molecule has 10 heteroatoms. The molecule has 0 atom stereocenters. The second-order valence-corrected chi connectivity index (χ2v) is 9.92. The van der Waals surface area contributed by atoms with Crippen molar-refractivity contribution in [3.8, 4) is 5.75 Å². The maximum Gasteiger partial charge on any atom is 0.348 e. The van der Waals surface area contributed by atoms with Gasteiger partial charge in [0.2, 0.25) is 15.9 Å². The van der Waals surface area contributed by atoms with E-state index in [2.05, 4.69) is 5.32 Å². The van der Waals surface area contributed by atoms with Crippen LogP contribution in [0.1, 0.15) is 15.2 Å². The maximum absolute atomic E-state index is 12.8. The predicted octanol–water partition coefficient (Wildman–Crippen LogP) is 3.26. The zero-order valence-electron chi connectivity index (χ0n) is 17.5. The van der Waals surface area contributed by atoms with E-state index in [-0.39, 0.29) is 11.4 Å². The molecule has 0 aliphatic rings. The Balaban J connectivity index is 1.72. The summed E-state index contributed by atoms with van der Waals surface area (Å²) < 4.78 is 37.3. The van der Waals surface area contributed by atoms with Crippen LogP contribution in [0.15, 0.2) is 47.4 Å². The molecule has 164 valence electrons. The highest BCUT2D eigenvalue weighted by molar-refractivity contribution is 7.89. The van der Waals surface area contributed by atoms with Gasteiger partial charge in [-0.15, -0.1) is 11.3 Å². The highest BCUT2D eigenvalue weighted by Crippen LogP contribution is 2.29. The van der Waals surface area contributed by atoms with Crippen molar-refractivity contribution in [2.24, 2.45) is 0 Å². The summed E-state index contributed by atoms with van der Waals surface area (Å²) in [5.41, 5.74) is 1.18. The minimum atomic E-state index is -3.85. The average Bonchev–Trinajstić information content (AvgIpc) is 3.16. The van der Waals surface area contributed by atoms with E-state index in [4.69, 9.17) is 9.47 Å². The Bertz CT molecular complexity index is 1250. The Morgan fingerprint density at radius 2 is 1.84 bits per heavy atom. The van der Waals surface area contributed by atoms with Gasteiger partial charge in [-0.3, -0.25) is 4.79 Å². The van der Waals surface area contributed by atoms with E-state index in [0.29, 0.717) is 21.9 Å². The Morgan fingerprint density at radius 1 is 1.10 bits per heavy atom. The molecule has 1 N–H and O–H groups in total. The normalized spacial score (nSPS) is 11.5. The summed E-state index contributed by atoms with van der Waals surface area (Å²) in [7, 11) is 0.322. The lowest BCUT2D eigenvalue weighted by molar-refractivity contribution is -0.116. The molecule has 0 aliphatic heterocycles. The van der Waals surface area contributed by atoms with Crippen LogP contribution in [0.5, 0.6) is 5.75 Å². The van der Waals surface area contributed by atoms with Crippen molar-refractivity contribution in [1.82, 2.24) is 4.31 Å². The van der Waals surface area contributed by atoms with Gasteiger partial charge in [-0.1, -0.05) is 0 Å². The number of methoxy groups -OCH3 is 2. The summed E-state index contributed by atoms with van der Waals surface area (Å²) in [5, 5.41) is 3.47. The van der Waals surface area contributed by atoms with E-state index in [1.807, 2.05) is 0 Å². The van der Waals surface area contributed by atoms with E-state index in [1.54, 1.807) is 37.3 Å². The third-order valence-corrected chi connectivity index (χ3v) is 7.52. The number of hydrogen-bond donors (Lipinski definition) is 1. The van der Waals surface area contributed by atoms with Crippen molar-refractivity contribution in [3.63, 3.8) is 0 Å². The van der Waals surface area contributed by atoms with E-state index in [9.17, 15) is 18.0 Å². The fraction of sp³-hybridized carbons (Fsp3) is 0.238. The number of hydrogen-bond acceptors (Lipinski definition) is 7. The van der Waals surface area contributed by atoms with E-state index in [0.717, 1.165) is 14.4 Å². The Labute approximate surface area is 184 Å². The van der Waals surface area contributed by atoms with Crippen LogP contribution in [0.25, 0.3) is 10.1 Å². The second kappa shape index (κ2) is 9.04. The number of sulfonamides is 1. The summed E-state index contributed by atoms with van der Waals surface area (Å²) >= 11 is 1.29. The Hall–Kier alpha value is -2.95. The first-order valence-electron chi connectivity index (χ1n) is 9.18. The number of aryl methyl sites for hydroxylation is 1. The highest BCUT2D eigenvalue weighted by Gasteiger charge is 2.24. The first-order chi connectivity index (χ1) is 14.6.